The summed E-state index contributed by atoms with van der Waals surface area (Å²) in [5.74, 6) is 0.965. The molecule has 0 saturated carbocycles. The van der Waals surface area contributed by atoms with Crippen LogP contribution in [-0.2, 0) is 4.79 Å². The summed E-state index contributed by atoms with van der Waals surface area (Å²) >= 11 is 1.78. The summed E-state index contributed by atoms with van der Waals surface area (Å²) in [6.07, 6.45) is 3.92. The number of benzene rings is 1. The fourth-order valence-electron chi connectivity index (χ4n) is 2.93. The van der Waals surface area contributed by atoms with Crippen molar-refractivity contribution in [1.82, 2.24) is 10.2 Å². The van der Waals surface area contributed by atoms with Crippen molar-refractivity contribution in [2.75, 3.05) is 18.8 Å². The summed E-state index contributed by atoms with van der Waals surface area (Å²) in [6, 6.07) is 13.1. The third-order valence-corrected chi connectivity index (χ3v) is 5.28. The number of carbonyl (C=O) groups is 2. The molecule has 0 aliphatic carbocycles. The highest BCUT2D eigenvalue weighted by molar-refractivity contribution is 7.99. The minimum Gasteiger partial charge on any atom is -0.459 e. The molecule has 0 radical (unpaired) electrons. The highest BCUT2D eigenvalue weighted by Crippen LogP contribution is 2.21. The van der Waals surface area contributed by atoms with Crippen molar-refractivity contribution in [3.05, 3.63) is 54.5 Å². The summed E-state index contributed by atoms with van der Waals surface area (Å²) < 4.78 is 5.17. The maximum atomic E-state index is 12.4. The van der Waals surface area contributed by atoms with E-state index in [1.165, 1.54) is 11.2 Å². The van der Waals surface area contributed by atoms with E-state index in [4.69, 9.17) is 4.42 Å². The Morgan fingerprint density at radius 3 is 2.80 bits per heavy atom. The van der Waals surface area contributed by atoms with Crippen molar-refractivity contribution in [3.8, 4) is 0 Å². The van der Waals surface area contributed by atoms with E-state index in [0.717, 1.165) is 18.6 Å². The number of amides is 2. The van der Waals surface area contributed by atoms with Crippen LogP contribution in [0.25, 0.3) is 0 Å². The second kappa shape index (κ2) is 8.76. The minimum atomic E-state index is -0.389. The van der Waals surface area contributed by atoms with E-state index in [9.17, 15) is 9.59 Å². The van der Waals surface area contributed by atoms with Gasteiger partial charge in [0.05, 0.1) is 6.26 Å². The molecule has 1 unspecified atom stereocenters. The molecule has 3 rings (SSSR count). The van der Waals surface area contributed by atoms with E-state index in [1.54, 1.807) is 28.8 Å². The molecule has 0 bridgehead atoms. The summed E-state index contributed by atoms with van der Waals surface area (Å²) in [5.41, 5.74) is 0. The molecule has 6 heteroatoms. The van der Waals surface area contributed by atoms with Gasteiger partial charge < -0.3 is 14.6 Å². The molecule has 1 saturated heterocycles. The number of likely N-dealkylation sites (tertiary alicyclic amines) is 1. The van der Waals surface area contributed by atoms with Gasteiger partial charge in [0.25, 0.3) is 5.91 Å². The zero-order chi connectivity index (χ0) is 17.5. The Morgan fingerprint density at radius 2 is 2.04 bits per heavy atom. The first-order valence-electron chi connectivity index (χ1n) is 8.56. The van der Waals surface area contributed by atoms with Gasteiger partial charge in [0, 0.05) is 18.0 Å². The van der Waals surface area contributed by atoms with Gasteiger partial charge in [-0.25, -0.2) is 0 Å². The number of hydrogen-bond donors (Lipinski definition) is 1. The number of carbonyl (C=O) groups excluding carboxylic acids is 2. The smallest absolute Gasteiger partial charge is 0.290 e. The third-order valence-electron chi connectivity index (χ3n) is 4.18. The van der Waals surface area contributed by atoms with Crippen molar-refractivity contribution < 1.29 is 14.0 Å². The monoisotopic (exact) mass is 358 g/mol. The van der Waals surface area contributed by atoms with Crippen LogP contribution in [-0.4, -0.2) is 41.6 Å². The molecule has 2 aromatic rings. The molecule has 1 aliphatic rings. The molecule has 2 amide bonds. The average Bonchev–Trinajstić information content (AvgIpc) is 3.33. The van der Waals surface area contributed by atoms with Crippen molar-refractivity contribution in [3.63, 3.8) is 0 Å². The second-order valence-electron chi connectivity index (χ2n) is 5.94. The van der Waals surface area contributed by atoms with Crippen LogP contribution in [0.4, 0.5) is 0 Å². The Bertz CT molecular complexity index is 688. The molecule has 2 heterocycles. The predicted molar refractivity (Wildman–Crippen MR) is 97.6 cm³/mol. The van der Waals surface area contributed by atoms with Crippen molar-refractivity contribution >= 4 is 23.6 Å². The molecule has 1 N–H and O–H groups in total. The Balaban J connectivity index is 1.42. The van der Waals surface area contributed by atoms with Crippen LogP contribution in [0.15, 0.2) is 58.0 Å². The lowest BCUT2D eigenvalue weighted by atomic mass is 10.2. The van der Waals surface area contributed by atoms with Gasteiger partial charge in [0.2, 0.25) is 5.91 Å². The van der Waals surface area contributed by atoms with E-state index in [1.807, 2.05) is 18.2 Å². The van der Waals surface area contributed by atoms with Gasteiger partial charge in [0.15, 0.2) is 5.76 Å². The van der Waals surface area contributed by atoms with Crippen LogP contribution >= 0.6 is 11.8 Å². The summed E-state index contributed by atoms with van der Waals surface area (Å²) in [6.45, 7) is 1.22. The molecule has 0 spiro atoms. The highest BCUT2D eigenvalue weighted by atomic mass is 32.2. The maximum Gasteiger partial charge on any atom is 0.290 e. The molecule has 1 atom stereocenters. The zero-order valence-corrected chi connectivity index (χ0v) is 14.8. The van der Waals surface area contributed by atoms with E-state index >= 15 is 0 Å². The van der Waals surface area contributed by atoms with Crippen LogP contribution in [0.2, 0.25) is 0 Å². The lowest BCUT2D eigenvalue weighted by Crippen LogP contribution is -2.46. The first-order chi connectivity index (χ1) is 12.3. The molecule has 1 aromatic heterocycles. The Labute approximate surface area is 151 Å². The number of thioether (sulfide) groups is 1. The van der Waals surface area contributed by atoms with Gasteiger partial charge in [0.1, 0.15) is 6.04 Å². The number of nitrogens with zero attached hydrogens (tertiary/aromatic N) is 1. The highest BCUT2D eigenvalue weighted by Gasteiger charge is 2.35. The van der Waals surface area contributed by atoms with Crippen molar-refractivity contribution in [2.45, 2.75) is 30.2 Å². The van der Waals surface area contributed by atoms with Crippen LogP contribution in [0.3, 0.4) is 0 Å². The second-order valence-corrected chi connectivity index (χ2v) is 7.11. The van der Waals surface area contributed by atoms with Gasteiger partial charge in [-0.15, -0.1) is 11.8 Å². The molecule has 1 aromatic carbocycles. The summed E-state index contributed by atoms with van der Waals surface area (Å²) in [4.78, 5) is 27.7. The van der Waals surface area contributed by atoms with Crippen LogP contribution in [0.1, 0.15) is 29.8 Å². The Morgan fingerprint density at radius 1 is 1.20 bits per heavy atom. The van der Waals surface area contributed by atoms with Crippen LogP contribution in [0, 0.1) is 0 Å². The SMILES string of the molecule is O=C(NCCCSc1ccccc1)C1CCCN1C(=O)c1ccco1. The lowest BCUT2D eigenvalue weighted by Gasteiger charge is -2.23. The van der Waals surface area contributed by atoms with E-state index in [2.05, 4.69) is 17.4 Å². The Hall–Kier alpha value is -2.21. The predicted octanol–water partition coefficient (Wildman–Crippen LogP) is 3.18. The molecular formula is C19H22N2O3S. The van der Waals surface area contributed by atoms with Gasteiger partial charge in [-0.05, 0) is 49.3 Å². The Kier molecular flexibility index (Phi) is 6.17. The van der Waals surface area contributed by atoms with Crippen LogP contribution in [0.5, 0.6) is 0 Å². The molecule has 1 fully saturated rings. The number of rotatable bonds is 7. The summed E-state index contributed by atoms with van der Waals surface area (Å²) in [7, 11) is 0. The first kappa shape index (κ1) is 17.6. The quantitative estimate of drug-likeness (QED) is 0.610. The number of nitrogens with one attached hydrogen (secondary N) is 1. The molecular weight excluding hydrogens is 336 g/mol. The normalized spacial score (nSPS) is 16.8. The average molecular weight is 358 g/mol. The maximum absolute atomic E-state index is 12.4. The zero-order valence-electron chi connectivity index (χ0n) is 14.0. The van der Waals surface area contributed by atoms with Crippen LogP contribution < -0.4 is 5.32 Å². The van der Waals surface area contributed by atoms with Gasteiger partial charge in [-0.2, -0.15) is 0 Å². The molecule has 1 aliphatic heterocycles. The van der Waals surface area contributed by atoms with Crippen molar-refractivity contribution in [2.24, 2.45) is 0 Å². The fraction of sp³-hybridized carbons (Fsp3) is 0.368. The van der Waals surface area contributed by atoms with Gasteiger partial charge in [-0.3, -0.25) is 9.59 Å². The fourth-order valence-corrected chi connectivity index (χ4v) is 3.81. The first-order valence-corrected chi connectivity index (χ1v) is 9.54. The lowest BCUT2D eigenvalue weighted by molar-refractivity contribution is -0.124. The minimum absolute atomic E-state index is 0.0675. The molecule has 5 nitrogen and oxygen atoms in total. The number of furan rings is 1. The van der Waals surface area contributed by atoms with E-state index < -0.39 is 0 Å². The van der Waals surface area contributed by atoms with Gasteiger partial charge >= 0.3 is 0 Å². The standard InChI is InChI=1S/C19H22N2O3S/c22-18(20-11-6-14-25-15-7-2-1-3-8-15)16-9-4-12-21(16)19(23)17-10-5-13-24-17/h1-3,5,7-8,10,13,16H,4,6,9,11-12,14H2,(H,20,22). The third kappa shape index (κ3) is 4.66. The number of hydrogen-bond acceptors (Lipinski definition) is 4. The largest absolute Gasteiger partial charge is 0.459 e. The molecule has 25 heavy (non-hydrogen) atoms. The van der Waals surface area contributed by atoms with Gasteiger partial charge in [-0.1, -0.05) is 18.2 Å². The van der Waals surface area contributed by atoms with E-state index in [-0.39, 0.29) is 17.9 Å². The topological polar surface area (TPSA) is 62.6 Å². The van der Waals surface area contributed by atoms with E-state index in [0.29, 0.717) is 25.3 Å². The molecule has 132 valence electrons. The van der Waals surface area contributed by atoms with Crippen molar-refractivity contribution in [1.29, 1.82) is 0 Å². The summed E-state index contributed by atoms with van der Waals surface area (Å²) in [5, 5.41) is 2.96.